The van der Waals surface area contributed by atoms with Crippen molar-refractivity contribution in [3.8, 4) is 0 Å². The van der Waals surface area contributed by atoms with Crippen LogP contribution in [-0.2, 0) is 11.3 Å². The molecule has 2 N–H and O–H groups in total. The number of thioether (sulfide) groups is 1. The molecule has 7 nitrogen and oxygen atoms in total. The Hall–Kier alpha value is -3.39. The van der Waals surface area contributed by atoms with Crippen LogP contribution in [0.4, 0.5) is 5.69 Å². The van der Waals surface area contributed by atoms with Crippen LogP contribution in [0.1, 0.15) is 45.8 Å². The zero-order chi connectivity index (χ0) is 24.0. The molecule has 0 unspecified atom stereocenters. The summed E-state index contributed by atoms with van der Waals surface area (Å²) >= 11 is 1.30. The fourth-order valence-corrected chi connectivity index (χ4v) is 4.12. The Bertz CT molecular complexity index is 1170. The van der Waals surface area contributed by atoms with Gasteiger partial charge >= 0.3 is 0 Å². The molecule has 0 spiro atoms. The molecule has 1 atom stereocenters. The molecule has 8 heteroatoms. The molecule has 0 aliphatic carbocycles. The Balaban J connectivity index is 1.68. The van der Waals surface area contributed by atoms with Crippen LogP contribution in [0.2, 0.25) is 0 Å². The minimum absolute atomic E-state index is 0.121. The van der Waals surface area contributed by atoms with Crippen LogP contribution < -0.4 is 10.6 Å². The third kappa shape index (κ3) is 6.10. The molecule has 33 heavy (non-hydrogen) atoms. The predicted molar refractivity (Wildman–Crippen MR) is 133 cm³/mol. The number of benzene rings is 2. The van der Waals surface area contributed by atoms with Crippen molar-refractivity contribution < 1.29 is 9.59 Å². The van der Waals surface area contributed by atoms with Crippen molar-refractivity contribution in [3.05, 3.63) is 83.2 Å². The molecule has 0 saturated carbocycles. The molecule has 3 aromatic rings. The smallest absolute Gasteiger partial charge is 0.251 e. The highest BCUT2D eigenvalue weighted by Crippen LogP contribution is 2.23. The lowest BCUT2D eigenvalue weighted by atomic mass is 10.1. The zero-order valence-corrected chi connectivity index (χ0v) is 20.2. The lowest BCUT2D eigenvalue weighted by Gasteiger charge is -2.15. The number of aryl methyl sites for hydroxylation is 2. The second-order valence-corrected chi connectivity index (χ2v) is 8.83. The number of allylic oxidation sites excluding steroid dienone is 1. The van der Waals surface area contributed by atoms with Crippen molar-refractivity contribution in [1.29, 1.82) is 0 Å². The summed E-state index contributed by atoms with van der Waals surface area (Å²) in [5, 5.41) is 15.1. The summed E-state index contributed by atoms with van der Waals surface area (Å²) in [5.74, 6) is 0.492. The summed E-state index contributed by atoms with van der Waals surface area (Å²) in [6.45, 7) is 12.1. The van der Waals surface area contributed by atoms with Gasteiger partial charge in [-0.3, -0.25) is 9.59 Å². The molecule has 0 aliphatic heterocycles. The van der Waals surface area contributed by atoms with Gasteiger partial charge in [-0.05, 0) is 57.0 Å². The van der Waals surface area contributed by atoms with Gasteiger partial charge in [0, 0.05) is 17.8 Å². The van der Waals surface area contributed by atoms with E-state index < -0.39 is 0 Å². The minimum atomic E-state index is -0.372. The van der Waals surface area contributed by atoms with E-state index in [2.05, 4.69) is 27.4 Å². The molecule has 0 fully saturated rings. The van der Waals surface area contributed by atoms with Crippen molar-refractivity contribution in [3.63, 3.8) is 0 Å². The third-order valence-electron chi connectivity index (χ3n) is 5.28. The molecular weight excluding hydrogens is 434 g/mol. The van der Waals surface area contributed by atoms with Gasteiger partial charge in [-0.2, -0.15) is 0 Å². The van der Waals surface area contributed by atoms with E-state index in [0.29, 0.717) is 23.1 Å². The van der Waals surface area contributed by atoms with Gasteiger partial charge in [0.15, 0.2) is 11.0 Å². The maximum atomic E-state index is 12.6. The van der Waals surface area contributed by atoms with E-state index in [4.69, 9.17) is 0 Å². The Labute approximate surface area is 198 Å². The van der Waals surface area contributed by atoms with Crippen molar-refractivity contribution in [2.45, 2.75) is 45.4 Å². The van der Waals surface area contributed by atoms with Gasteiger partial charge in [0.05, 0.1) is 11.8 Å². The highest BCUT2D eigenvalue weighted by atomic mass is 32.2. The third-order valence-corrected chi connectivity index (χ3v) is 6.25. The Morgan fingerprint density at radius 2 is 1.91 bits per heavy atom. The lowest BCUT2D eigenvalue weighted by Crippen LogP contribution is -2.29. The molecule has 0 aliphatic rings. The first-order valence-electron chi connectivity index (χ1n) is 10.7. The van der Waals surface area contributed by atoms with Crippen molar-refractivity contribution in [1.82, 2.24) is 20.1 Å². The fraction of sp³-hybridized carbons (Fsp3) is 0.280. The Morgan fingerprint density at radius 3 is 2.64 bits per heavy atom. The second-order valence-electron chi connectivity index (χ2n) is 7.89. The fourth-order valence-electron chi connectivity index (χ4n) is 3.36. The van der Waals surface area contributed by atoms with E-state index in [9.17, 15) is 9.59 Å². The molecule has 3 rings (SSSR count). The number of carbonyl (C=O) groups excluding carboxylic acids is 2. The van der Waals surface area contributed by atoms with E-state index in [1.807, 2.05) is 68.7 Å². The Kier molecular flexibility index (Phi) is 8.06. The number of anilines is 1. The molecule has 2 aromatic carbocycles. The van der Waals surface area contributed by atoms with Crippen LogP contribution in [0, 0.1) is 20.8 Å². The van der Waals surface area contributed by atoms with E-state index in [1.54, 1.807) is 12.1 Å². The van der Waals surface area contributed by atoms with Crippen LogP contribution in [-0.4, -0.2) is 32.3 Å². The molecule has 0 radical (unpaired) electrons. The van der Waals surface area contributed by atoms with E-state index in [0.717, 1.165) is 22.4 Å². The van der Waals surface area contributed by atoms with Gasteiger partial charge in [0.25, 0.3) is 5.91 Å². The summed E-state index contributed by atoms with van der Waals surface area (Å²) in [6, 6.07) is 12.9. The minimum Gasteiger partial charge on any atom is -0.342 e. The zero-order valence-electron chi connectivity index (χ0n) is 19.4. The molecule has 2 amide bonds. The van der Waals surface area contributed by atoms with Gasteiger partial charge in [-0.15, -0.1) is 16.8 Å². The molecule has 1 aromatic heterocycles. The average molecular weight is 464 g/mol. The summed E-state index contributed by atoms with van der Waals surface area (Å²) in [5.41, 5.74) is 4.59. The quantitative estimate of drug-likeness (QED) is 0.357. The first kappa shape index (κ1) is 24.3. The topological polar surface area (TPSA) is 88.9 Å². The SMILES string of the molecule is C=CCn1c(SCC(=O)Nc2cccc(C)c2C)nnc1[C@H](C)NC(=O)c1cccc(C)c1. The van der Waals surface area contributed by atoms with Crippen molar-refractivity contribution in [2.24, 2.45) is 0 Å². The van der Waals surface area contributed by atoms with Gasteiger partial charge in [0.1, 0.15) is 0 Å². The van der Waals surface area contributed by atoms with Crippen LogP contribution >= 0.6 is 11.8 Å². The molecular formula is C25H29N5O2S. The van der Waals surface area contributed by atoms with Gasteiger partial charge < -0.3 is 15.2 Å². The monoisotopic (exact) mass is 463 g/mol. The van der Waals surface area contributed by atoms with Gasteiger partial charge in [0.2, 0.25) is 5.91 Å². The first-order valence-corrected chi connectivity index (χ1v) is 11.7. The molecule has 172 valence electrons. The molecule has 0 bridgehead atoms. The van der Waals surface area contributed by atoms with E-state index in [-0.39, 0.29) is 23.6 Å². The van der Waals surface area contributed by atoms with Crippen LogP contribution in [0.25, 0.3) is 0 Å². The largest absolute Gasteiger partial charge is 0.342 e. The number of carbonyl (C=O) groups is 2. The standard InChI is InChI=1S/C25H29N5O2S/c1-6-13-30-23(19(5)26-24(32)20-11-7-9-16(2)14-20)28-29-25(30)33-15-22(31)27-21-12-8-10-17(3)18(21)4/h6-12,14,19H,1,13,15H2,2-5H3,(H,26,32)(H,27,31)/t19-/m0/s1. The highest BCUT2D eigenvalue weighted by Gasteiger charge is 2.20. The van der Waals surface area contributed by atoms with Crippen LogP contribution in [0.5, 0.6) is 0 Å². The summed E-state index contributed by atoms with van der Waals surface area (Å²) in [4.78, 5) is 25.2. The number of hydrogen-bond acceptors (Lipinski definition) is 5. The number of amides is 2. The van der Waals surface area contributed by atoms with E-state index in [1.165, 1.54) is 11.8 Å². The summed E-state index contributed by atoms with van der Waals surface area (Å²) in [6.07, 6.45) is 1.74. The predicted octanol–water partition coefficient (Wildman–Crippen LogP) is 4.61. The van der Waals surface area contributed by atoms with E-state index >= 15 is 0 Å². The lowest BCUT2D eigenvalue weighted by molar-refractivity contribution is -0.113. The average Bonchev–Trinajstić information content (AvgIpc) is 3.18. The maximum Gasteiger partial charge on any atom is 0.251 e. The Morgan fingerprint density at radius 1 is 1.15 bits per heavy atom. The van der Waals surface area contributed by atoms with Crippen LogP contribution in [0.15, 0.2) is 60.3 Å². The van der Waals surface area contributed by atoms with Crippen LogP contribution in [0.3, 0.4) is 0 Å². The number of nitrogens with zero attached hydrogens (tertiary/aromatic N) is 3. The van der Waals surface area contributed by atoms with Crippen molar-refractivity contribution in [2.75, 3.05) is 11.1 Å². The second kappa shape index (κ2) is 11.0. The van der Waals surface area contributed by atoms with Gasteiger partial charge in [-0.25, -0.2) is 0 Å². The molecule has 0 saturated heterocycles. The maximum absolute atomic E-state index is 12.6. The number of hydrogen-bond donors (Lipinski definition) is 2. The molecule has 1 heterocycles. The first-order chi connectivity index (χ1) is 15.8. The summed E-state index contributed by atoms with van der Waals surface area (Å²) < 4.78 is 1.87. The highest BCUT2D eigenvalue weighted by molar-refractivity contribution is 7.99. The number of rotatable bonds is 9. The summed E-state index contributed by atoms with van der Waals surface area (Å²) in [7, 11) is 0. The number of nitrogens with one attached hydrogen (secondary N) is 2. The van der Waals surface area contributed by atoms with Crippen molar-refractivity contribution >= 4 is 29.3 Å². The normalized spacial score (nSPS) is 11.6. The number of aromatic nitrogens is 3. The van der Waals surface area contributed by atoms with Gasteiger partial charge in [-0.1, -0.05) is 47.7 Å².